The standard InChI is InChI=1S/C23H36N4O2S/c1-5-8-9-11-25(4)12-13-26-20(22(28)24-17(6-2)7-3)16-27-18-10-14-30-21(18)15-19(27)23(26)29/h10,14-15,17,20H,5-9,11-13,16H2,1-4H3,(H,24,28). The summed E-state index contributed by atoms with van der Waals surface area (Å²) in [5.41, 5.74) is 1.76. The minimum Gasteiger partial charge on any atom is -0.352 e. The van der Waals surface area contributed by atoms with Crippen molar-refractivity contribution in [3.63, 3.8) is 0 Å². The Morgan fingerprint density at radius 1 is 1.27 bits per heavy atom. The van der Waals surface area contributed by atoms with Crippen LogP contribution in [0.15, 0.2) is 17.5 Å². The molecule has 0 spiro atoms. The van der Waals surface area contributed by atoms with Gasteiger partial charge in [-0.3, -0.25) is 9.59 Å². The van der Waals surface area contributed by atoms with Gasteiger partial charge in [-0.1, -0.05) is 33.6 Å². The molecule has 2 aromatic heterocycles. The summed E-state index contributed by atoms with van der Waals surface area (Å²) in [5.74, 6) is -0.0651. The molecule has 30 heavy (non-hydrogen) atoms. The summed E-state index contributed by atoms with van der Waals surface area (Å²) in [6.45, 7) is 9.26. The molecule has 6 nitrogen and oxygen atoms in total. The number of nitrogens with one attached hydrogen (secondary N) is 1. The molecule has 0 aliphatic carbocycles. The van der Waals surface area contributed by atoms with E-state index >= 15 is 0 Å². The number of carbonyl (C=O) groups excluding carboxylic acids is 2. The molecule has 0 aromatic carbocycles. The zero-order chi connectivity index (χ0) is 21.7. The van der Waals surface area contributed by atoms with Gasteiger partial charge in [-0.2, -0.15) is 0 Å². The molecule has 1 atom stereocenters. The second kappa shape index (κ2) is 10.4. The van der Waals surface area contributed by atoms with Crippen LogP contribution in [0.5, 0.6) is 0 Å². The summed E-state index contributed by atoms with van der Waals surface area (Å²) in [4.78, 5) is 30.7. The van der Waals surface area contributed by atoms with Gasteiger partial charge in [0.2, 0.25) is 5.91 Å². The first-order valence-electron chi connectivity index (χ1n) is 11.4. The lowest BCUT2D eigenvalue weighted by atomic mass is 10.1. The molecule has 166 valence electrons. The molecular weight excluding hydrogens is 396 g/mol. The Balaban J connectivity index is 1.79. The molecule has 0 saturated carbocycles. The lowest BCUT2D eigenvalue weighted by molar-refractivity contribution is -0.127. The monoisotopic (exact) mass is 432 g/mol. The van der Waals surface area contributed by atoms with Gasteiger partial charge in [0.05, 0.1) is 16.8 Å². The number of unbranched alkanes of at least 4 members (excludes halogenated alkanes) is 2. The van der Waals surface area contributed by atoms with Crippen LogP contribution in [-0.2, 0) is 11.3 Å². The second-order valence-electron chi connectivity index (χ2n) is 8.36. The molecule has 0 radical (unpaired) electrons. The SMILES string of the molecule is CCCCCN(C)CCN1C(=O)c2cc3sccc3n2CC1C(=O)NC(CC)CC. The van der Waals surface area contributed by atoms with E-state index in [0.717, 1.165) is 36.1 Å². The fraction of sp³-hybridized carbons (Fsp3) is 0.652. The molecule has 1 aliphatic rings. The summed E-state index contributed by atoms with van der Waals surface area (Å²) in [5, 5.41) is 5.21. The van der Waals surface area contributed by atoms with Gasteiger partial charge in [-0.15, -0.1) is 11.3 Å². The summed E-state index contributed by atoms with van der Waals surface area (Å²) >= 11 is 1.64. The highest BCUT2D eigenvalue weighted by Crippen LogP contribution is 2.30. The van der Waals surface area contributed by atoms with Crippen molar-refractivity contribution < 1.29 is 9.59 Å². The Labute approximate surface area is 184 Å². The van der Waals surface area contributed by atoms with E-state index in [9.17, 15) is 9.59 Å². The molecule has 0 fully saturated rings. The Morgan fingerprint density at radius 3 is 2.73 bits per heavy atom. The number of carbonyl (C=O) groups is 2. The van der Waals surface area contributed by atoms with E-state index in [4.69, 9.17) is 0 Å². The fourth-order valence-corrected chi connectivity index (χ4v) is 5.03. The number of aromatic nitrogens is 1. The first-order chi connectivity index (χ1) is 14.5. The second-order valence-corrected chi connectivity index (χ2v) is 9.30. The van der Waals surface area contributed by atoms with Crippen molar-refractivity contribution >= 4 is 33.4 Å². The van der Waals surface area contributed by atoms with Gasteiger partial charge in [0, 0.05) is 19.1 Å². The highest BCUT2D eigenvalue weighted by molar-refractivity contribution is 7.17. The van der Waals surface area contributed by atoms with Crippen LogP contribution in [0.25, 0.3) is 10.2 Å². The highest BCUT2D eigenvalue weighted by Gasteiger charge is 2.38. The van der Waals surface area contributed by atoms with Crippen LogP contribution >= 0.6 is 11.3 Å². The van der Waals surface area contributed by atoms with E-state index in [0.29, 0.717) is 18.8 Å². The van der Waals surface area contributed by atoms with E-state index in [-0.39, 0.29) is 17.9 Å². The maximum absolute atomic E-state index is 13.4. The van der Waals surface area contributed by atoms with Crippen molar-refractivity contribution in [3.8, 4) is 0 Å². The molecule has 0 saturated heterocycles. The highest BCUT2D eigenvalue weighted by atomic mass is 32.1. The van der Waals surface area contributed by atoms with Gasteiger partial charge >= 0.3 is 0 Å². The van der Waals surface area contributed by atoms with Gasteiger partial charge in [-0.05, 0) is 50.4 Å². The molecule has 1 unspecified atom stereocenters. The zero-order valence-corrected chi connectivity index (χ0v) is 19.6. The van der Waals surface area contributed by atoms with Crippen molar-refractivity contribution in [2.45, 2.75) is 71.5 Å². The van der Waals surface area contributed by atoms with Gasteiger partial charge in [0.15, 0.2) is 0 Å². The summed E-state index contributed by atoms with van der Waals surface area (Å²) in [6, 6.07) is 3.71. The van der Waals surface area contributed by atoms with Crippen LogP contribution in [0.1, 0.15) is 63.4 Å². The molecule has 7 heteroatoms. The van der Waals surface area contributed by atoms with E-state index in [1.807, 2.05) is 22.1 Å². The van der Waals surface area contributed by atoms with E-state index in [1.165, 1.54) is 19.3 Å². The average Bonchev–Trinajstić information content (AvgIpc) is 3.33. The predicted molar refractivity (Wildman–Crippen MR) is 124 cm³/mol. The molecule has 1 N–H and O–H groups in total. The lowest BCUT2D eigenvalue weighted by Crippen LogP contribution is -2.57. The Bertz CT molecular complexity index is 855. The molecule has 3 heterocycles. The van der Waals surface area contributed by atoms with E-state index in [1.54, 1.807) is 16.2 Å². The van der Waals surface area contributed by atoms with Crippen molar-refractivity contribution in [1.82, 2.24) is 19.7 Å². The molecule has 2 amide bonds. The third-order valence-electron chi connectivity index (χ3n) is 6.24. The van der Waals surface area contributed by atoms with Crippen molar-refractivity contribution in [2.75, 3.05) is 26.7 Å². The maximum Gasteiger partial charge on any atom is 0.271 e. The van der Waals surface area contributed by atoms with E-state index < -0.39 is 6.04 Å². The smallest absolute Gasteiger partial charge is 0.271 e. The number of thiophene rings is 1. The molecule has 1 aliphatic heterocycles. The summed E-state index contributed by atoms with van der Waals surface area (Å²) in [6.07, 6.45) is 5.38. The van der Waals surface area contributed by atoms with Crippen LogP contribution in [0.3, 0.4) is 0 Å². The largest absolute Gasteiger partial charge is 0.352 e. The first-order valence-corrected chi connectivity index (χ1v) is 12.2. The number of nitrogens with zero attached hydrogens (tertiary/aromatic N) is 3. The minimum atomic E-state index is -0.467. The number of likely N-dealkylation sites (N-methyl/N-ethyl adjacent to an activating group) is 1. The lowest BCUT2D eigenvalue weighted by Gasteiger charge is -2.37. The molecule has 2 aromatic rings. The van der Waals surface area contributed by atoms with Gasteiger partial charge in [0.1, 0.15) is 11.7 Å². The van der Waals surface area contributed by atoms with Gasteiger partial charge in [0.25, 0.3) is 5.91 Å². The number of hydrogen-bond acceptors (Lipinski definition) is 4. The van der Waals surface area contributed by atoms with Crippen molar-refractivity contribution in [1.29, 1.82) is 0 Å². The topological polar surface area (TPSA) is 57.6 Å². The number of rotatable bonds is 11. The third-order valence-corrected chi connectivity index (χ3v) is 7.09. The Hall–Kier alpha value is -1.86. The average molecular weight is 433 g/mol. The van der Waals surface area contributed by atoms with Crippen molar-refractivity contribution in [2.24, 2.45) is 0 Å². The molecule has 0 bridgehead atoms. The zero-order valence-electron chi connectivity index (χ0n) is 18.8. The maximum atomic E-state index is 13.4. The van der Waals surface area contributed by atoms with Crippen LogP contribution < -0.4 is 5.32 Å². The van der Waals surface area contributed by atoms with Gasteiger partial charge < -0.3 is 19.7 Å². The van der Waals surface area contributed by atoms with Gasteiger partial charge in [-0.25, -0.2) is 0 Å². The fourth-order valence-electron chi connectivity index (χ4n) is 4.21. The first kappa shape index (κ1) is 22.8. The van der Waals surface area contributed by atoms with Crippen LogP contribution in [0, 0.1) is 0 Å². The molecule has 3 rings (SSSR count). The number of fused-ring (bicyclic) bond motifs is 3. The summed E-state index contributed by atoms with van der Waals surface area (Å²) in [7, 11) is 2.10. The molecular formula is C23H36N4O2S. The quantitative estimate of drug-likeness (QED) is 0.547. The van der Waals surface area contributed by atoms with Crippen molar-refractivity contribution in [3.05, 3.63) is 23.2 Å². The van der Waals surface area contributed by atoms with E-state index in [2.05, 4.69) is 38.0 Å². The van der Waals surface area contributed by atoms with Crippen LogP contribution in [0.4, 0.5) is 0 Å². The van der Waals surface area contributed by atoms with Crippen LogP contribution in [0.2, 0.25) is 0 Å². The minimum absolute atomic E-state index is 0.0312. The Morgan fingerprint density at radius 2 is 2.03 bits per heavy atom. The van der Waals surface area contributed by atoms with Crippen LogP contribution in [-0.4, -0.2) is 64.9 Å². The number of hydrogen-bond donors (Lipinski definition) is 1. The number of amides is 2. The third kappa shape index (κ3) is 4.89. The predicted octanol–water partition coefficient (Wildman–Crippen LogP) is 3.95. The Kier molecular flexibility index (Phi) is 7.94. The normalized spacial score (nSPS) is 16.7. The summed E-state index contributed by atoms with van der Waals surface area (Å²) < 4.78 is 3.14.